The van der Waals surface area contributed by atoms with Gasteiger partial charge in [-0.1, -0.05) is 13.3 Å². The first kappa shape index (κ1) is 13.0. The second kappa shape index (κ2) is 5.94. The molecule has 1 aliphatic rings. The van der Waals surface area contributed by atoms with Gasteiger partial charge >= 0.3 is 0 Å². The molecule has 0 amide bonds. The maximum atomic E-state index is 5.76. The lowest BCUT2D eigenvalue weighted by Crippen LogP contribution is -2.36. The van der Waals surface area contributed by atoms with E-state index in [4.69, 9.17) is 10.7 Å². The summed E-state index contributed by atoms with van der Waals surface area (Å²) < 4.78 is 0. The number of nitrogens with two attached hydrogens (primary N) is 1. The number of thiazole rings is 1. The first-order valence-electron chi connectivity index (χ1n) is 6.66. The molecule has 0 saturated carbocycles. The molecule has 3 nitrogen and oxygen atoms in total. The largest absolute Gasteiger partial charge is 0.326 e. The van der Waals surface area contributed by atoms with E-state index in [1.807, 2.05) is 0 Å². The van der Waals surface area contributed by atoms with Gasteiger partial charge in [0, 0.05) is 17.5 Å². The van der Waals surface area contributed by atoms with Gasteiger partial charge in [0.1, 0.15) is 5.01 Å². The van der Waals surface area contributed by atoms with Gasteiger partial charge in [-0.25, -0.2) is 4.98 Å². The lowest BCUT2D eigenvalue weighted by molar-refractivity contribution is 0.152. The summed E-state index contributed by atoms with van der Waals surface area (Å²) in [5, 5.41) is 1.25. The summed E-state index contributed by atoms with van der Waals surface area (Å²) in [7, 11) is 0. The van der Waals surface area contributed by atoms with Crippen molar-refractivity contribution in [2.24, 2.45) is 5.73 Å². The molecule has 2 N–H and O–H groups in total. The number of piperidine rings is 1. The zero-order chi connectivity index (χ0) is 12.3. The SMILES string of the molecule is CCc1nc(CN2CCCCC2C)sc1CN. The van der Waals surface area contributed by atoms with Crippen LogP contribution < -0.4 is 5.73 Å². The molecular formula is C13H23N3S. The second-order valence-corrected chi connectivity index (χ2v) is 6.02. The molecule has 2 heterocycles. The standard InChI is InChI=1S/C13H23N3S/c1-3-11-12(8-14)17-13(15-11)9-16-7-5-4-6-10(16)2/h10H,3-9,14H2,1-2H3. The molecule has 0 bridgehead atoms. The van der Waals surface area contributed by atoms with Crippen LogP contribution in [0.1, 0.15) is 48.7 Å². The minimum Gasteiger partial charge on any atom is -0.326 e. The normalized spacial score (nSPS) is 21.9. The average molecular weight is 253 g/mol. The molecule has 1 unspecified atom stereocenters. The molecule has 96 valence electrons. The number of rotatable bonds is 4. The fraction of sp³-hybridized carbons (Fsp3) is 0.769. The molecule has 1 atom stereocenters. The number of hydrogen-bond acceptors (Lipinski definition) is 4. The highest BCUT2D eigenvalue weighted by Gasteiger charge is 2.20. The van der Waals surface area contributed by atoms with E-state index in [0.717, 1.165) is 13.0 Å². The Labute approximate surface area is 108 Å². The molecule has 17 heavy (non-hydrogen) atoms. The van der Waals surface area contributed by atoms with Crippen molar-refractivity contribution in [1.29, 1.82) is 0 Å². The first-order chi connectivity index (χ1) is 8.24. The summed E-state index contributed by atoms with van der Waals surface area (Å²) in [6, 6.07) is 0.707. The lowest BCUT2D eigenvalue weighted by atomic mass is 10.0. The number of aryl methyl sites for hydroxylation is 1. The molecule has 1 saturated heterocycles. The van der Waals surface area contributed by atoms with Gasteiger partial charge in [-0.05, 0) is 32.7 Å². The van der Waals surface area contributed by atoms with E-state index >= 15 is 0 Å². The van der Waals surface area contributed by atoms with E-state index in [-0.39, 0.29) is 0 Å². The minimum atomic E-state index is 0.635. The van der Waals surface area contributed by atoms with Crippen LogP contribution in [0.15, 0.2) is 0 Å². The highest BCUT2D eigenvalue weighted by atomic mass is 32.1. The van der Waals surface area contributed by atoms with Gasteiger partial charge in [-0.3, -0.25) is 4.90 Å². The Kier molecular flexibility index (Phi) is 4.54. The van der Waals surface area contributed by atoms with Crippen LogP contribution in [0, 0.1) is 0 Å². The molecule has 0 radical (unpaired) electrons. The molecule has 4 heteroatoms. The van der Waals surface area contributed by atoms with Gasteiger partial charge in [0.25, 0.3) is 0 Å². The van der Waals surface area contributed by atoms with Crippen molar-refractivity contribution in [3.8, 4) is 0 Å². The Bertz CT molecular complexity index is 340. The number of aromatic nitrogens is 1. The predicted octanol–water partition coefficient (Wildman–Crippen LogP) is 2.54. The van der Waals surface area contributed by atoms with Gasteiger partial charge in [-0.2, -0.15) is 0 Å². The molecule has 1 aromatic rings. The molecule has 0 aliphatic carbocycles. The maximum Gasteiger partial charge on any atom is 0.107 e. The maximum absolute atomic E-state index is 5.76. The third-order valence-electron chi connectivity index (χ3n) is 3.62. The molecule has 1 aromatic heterocycles. The highest BCUT2D eigenvalue weighted by molar-refractivity contribution is 7.11. The molecule has 1 aliphatic heterocycles. The van der Waals surface area contributed by atoms with E-state index in [1.165, 1.54) is 41.4 Å². The zero-order valence-electron chi connectivity index (χ0n) is 10.9. The summed E-state index contributed by atoms with van der Waals surface area (Å²) in [5.41, 5.74) is 6.96. The Morgan fingerprint density at radius 1 is 1.47 bits per heavy atom. The second-order valence-electron chi connectivity index (χ2n) is 4.85. The van der Waals surface area contributed by atoms with Gasteiger partial charge in [0.15, 0.2) is 0 Å². The van der Waals surface area contributed by atoms with E-state index in [0.29, 0.717) is 12.6 Å². The van der Waals surface area contributed by atoms with Crippen molar-refractivity contribution < 1.29 is 0 Å². The van der Waals surface area contributed by atoms with Gasteiger partial charge in [0.2, 0.25) is 0 Å². The first-order valence-corrected chi connectivity index (χ1v) is 7.47. The van der Waals surface area contributed by atoms with E-state index in [2.05, 4.69) is 18.7 Å². The van der Waals surface area contributed by atoms with Crippen molar-refractivity contribution in [3.05, 3.63) is 15.6 Å². The molecule has 2 rings (SSSR count). The van der Waals surface area contributed by atoms with E-state index < -0.39 is 0 Å². The summed E-state index contributed by atoms with van der Waals surface area (Å²) >= 11 is 1.80. The summed E-state index contributed by atoms with van der Waals surface area (Å²) in [6.07, 6.45) is 5.04. The van der Waals surface area contributed by atoms with Crippen LogP contribution in [0.25, 0.3) is 0 Å². The fourth-order valence-corrected chi connectivity index (χ4v) is 3.57. The Morgan fingerprint density at radius 3 is 2.88 bits per heavy atom. The van der Waals surface area contributed by atoms with Gasteiger partial charge in [0.05, 0.1) is 12.2 Å². The number of nitrogens with zero attached hydrogens (tertiary/aromatic N) is 2. The van der Waals surface area contributed by atoms with Crippen LogP contribution in [0.2, 0.25) is 0 Å². The van der Waals surface area contributed by atoms with Crippen LogP contribution in [0.5, 0.6) is 0 Å². The van der Waals surface area contributed by atoms with Crippen molar-refractivity contribution in [3.63, 3.8) is 0 Å². The van der Waals surface area contributed by atoms with Crippen molar-refractivity contribution in [2.75, 3.05) is 6.54 Å². The van der Waals surface area contributed by atoms with Crippen molar-refractivity contribution in [2.45, 2.75) is 58.7 Å². The summed E-state index contributed by atoms with van der Waals surface area (Å²) in [4.78, 5) is 8.55. The quantitative estimate of drug-likeness (QED) is 0.896. The van der Waals surface area contributed by atoms with Gasteiger partial charge < -0.3 is 5.73 Å². The average Bonchev–Trinajstić information content (AvgIpc) is 2.74. The summed E-state index contributed by atoms with van der Waals surface area (Å²) in [5.74, 6) is 0. The Morgan fingerprint density at radius 2 is 2.29 bits per heavy atom. The Hall–Kier alpha value is -0.450. The van der Waals surface area contributed by atoms with Crippen molar-refractivity contribution >= 4 is 11.3 Å². The van der Waals surface area contributed by atoms with Crippen LogP contribution in [0.4, 0.5) is 0 Å². The third kappa shape index (κ3) is 3.06. The minimum absolute atomic E-state index is 0.635. The molecule has 1 fully saturated rings. The van der Waals surface area contributed by atoms with Crippen LogP contribution in [-0.4, -0.2) is 22.5 Å². The fourth-order valence-electron chi connectivity index (χ4n) is 2.51. The van der Waals surface area contributed by atoms with Gasteiger partial charge in [-0.15, -0.1) is 11.3 Å². The third-order valence-corrected chi connectivity index (χ3v) is 4.73. The van der Waals surface area contributed by atoms with E-state index in [9.17, 15) is 0 Å². The molecule has 0 aromatic carbocycles. The number of likely N-dealkylation sites (tertiary alicyclic amines) is 1. The Balaban J connectivity index is 2.04. The monoisotopic (exact) mass is 253 g/mol. The van der Waals surface area contributed by atoms with Crippen LogP contribution in [0.3, 0.4) is 0 Å². The predicted molar refractivity (Wildman–Crippen MR) is 73.1 cm³/mol. The zero-order valence-corrected chi connectivity index (χ0v) is 11.7. The smallest absolute Gasteiger partial charge is 0.107 e. The summed E-state index contributed by atoms with van der Waals surface area (Å²) in [6.45, 7) is 7.36. The molecular weight excluding hydrogens is 230 g/mol. The van der Waals surface area contributed by atoms with Crippen molar-refractivity contribution in [1.82, 2.24) is 9.88 Å². The van der Waals surface area contributed by atoms with E-state index in [1.54, 1.807) is 11.3 Å². The highest BCUT2D eigenvalue weighted by Crippen LogP contribution is 2.23. The topological polar surface area (TPSA) is 42.2 Å². The van der Waals surface area contributed by atoms with Crippen LogP contribution in [-0.2, 0) is 19.5 Å². The number of hydrogen-bond donors (Lipinski definition) is 1. The lowest BCUT2D eigenvalue weighted by Gasteiger charge is -2.32. The molecule has 0 spiro atoms. The van der Waals surface area contributed by atoms with Crippen LogP contribution >= 0.6 is 11.3 Å².